The SMILES string of the molecule is CC(C)(C)c1ccc(-c2ccccc2)c(N2[CH-]N(c3[c-]c([Si](C)(C)c4[c-]c(N5[CH-]N(c6cc(C(C)(C)C)ccc6-c6ccccc6)c6ccccc65)ccc4)ccc3)c3ccccc32)c1.[Pt+4]. The zero-order chi connectivity index (χ0) is 45.1. The summed E-state index contributed by atoms with van der Waals surface area (Å²) in [7, 11) is -2.35. The van der Waals surface area contributed by atoms with E-state index < -0.39 is 8.07 Å². The molecule has 66 heavy (non-hydrogen) atoms. The van der Waals surface area contributed by atoms with Crippen LogP contribution in [0.4, 0.5) is 45.5 Å². The van der Waals surface area contributed by atoms with Gasteiger partial charge in [-0.05, 0) is 69.5 Å². The van der Waals surface area contributed by atoms with Crippen molar-refractivity contribution in [3.63, 3.8) is 0 Å². The van der Waals surface area contributed by atoms with Gasteiger partial charge < -0.3 is 19.6 Å². The number of anilines is 8. The van der Waals surface area contributed by atoms with Crippen LogP contribution in [0.5, 0.6) is 0 Å². The van der Waals surface area contributed by atoms with Crippen molar-refractivity contribution in [2.75, 3.05) is 19.6 Å². The zero-order valence-corrected chi connectivity index (χ0v) is 42.4. The molecule has 10 rings (SSSR count). The summed E-state index contributed by atoms with van der Waals surface area (Å²) in [6, 6.07) is 74.1. The number of hydrogen-bond donors (Lipinski definition) is 0. The predicted molar refractivity (Wildman–Crippen MR) is 279 cm³/mol. The monoisotopic (exact) mass is 1060 g/mol. The largest absolute Gasteiger partial charge is 4.00 e. The quantitative estimate of drug-likeness (QED) is 0.111. The van der Waals surface area contributed by atoms with Crippen LogP contribution in [0.1, 0.15) is 52.7 Å². The van der Waals surface area contributed by atoms with Crippen LogP contribution >= 0.6 is 0 Å². The first-order valence-corrected chi connectivity index (χ1v) is 25.8. The van der Waals surface area contributed by atoms with Crippen LogP contribution in [-0.4, -0.2) is 8.07 Å². The van der Waals surface area contributed by atoms with Gasteiger partial charge in [-0.1, -0.05) is 164 Å². The van der Waals surface area contributed by atoms with Crippen LogP contribution < -0.4 is 30.0 Å². The first kappa shape index (κ1) is 45.0. The van der Waals surface area contributed by atoms with Crippen molar-refractivity contribution in [2.24, 2.45) is 0 Å². The van der Waals surface area contributed by atoms with Crippen molar-refractivity contribution in [3.8, 4) is 22.3 Å². The minimum Gasteiger partial charge on any atom is -0.493 e. The summed E-state index contributed by atoms with van der Waals surface area (Å²) in [6.45, 7) is 23.1. The van der Waals surface area contributed by atoms with Crippen LogP contribution in [-0.2, 0) is 31.9 Å². The van der Waals surface area contributed by atoms with Gasteiger partial charge in [-0.2, -0.15) is 58.9 Å². The molecule has 0 atom stereocenters. The maximum atomic E-state index is 3.97. The minimum absolute atomic E-state index is 0. The summed E-state index contributed by atoms with van der Waals surface area (Å²) in [6.07, 6.45) is 0. The maximum absolute atomic E-state index is 3.97. The Labute approximate surface area is 408 Å². The summed E-state index contributed by atoms with van der Waals surface area (Å²) in [5.41, 5.74) is 16.3. The van der Waals surface area contributed by atoms with E-state index in [2.05, 4.69) is 282 Å². The first-order valence-electron chi connectivity index (χ1n) is 22.8. The van der Waals surface area contributed by atoms with Crippen LogP contribution in [0.15, 0.2) is 182 Å². The third-order valence-electron chi connectivity index (χ3n) is 13.1. The molecule has 0 amide bonds. The molecule has 0 spiro atoms. The van der Waals surface area contributed by atoms with Gasteiger partial charge in [0.05, 0.1) is 8.07 Å². The van der Waals surface area contributed by atoms with Gasteiger partial charge in [0.15, 0.2) is 0 Å². The minimum atomic E-state index is -2.35. The molecule has 0 saturated heterocycles. The number of rotatable bonds is 8. The van der Waals surface area contributed by atoms with E-state index in [4.69, 9.17) is 0 Å². The Balaban J connectivity index is 0.00000548. The van der Waals surface area contributed by atoms with E-state index in [9.17, 15) is 0 Å². The van der Waals surface area contributed by atoms with Crippen molar-refractivity contribution in [2.45, 2.75) is 65.5 Å². The third kappa shape index (κ3) is 8.33. The molecule has 8 aromatic carbocycles. The van der Waals surface area contributed by atoms with E-state index >= 15 is 0 Å². The molecule has 2 heterocycles. The van der Waals surface area contributed by atoms with E-state index in [-0.39, 0.29) is 31.9 Å². The molecule has 0 aliphatic carbocycles. The second kappa shape index (κ2) is 17.6. The summed E-state index contributed by atoms with van der Waals surface area (Å²) in [5.74, 6) is 0. The summed E-state index contributed by atoms with van der Waals surface area (Å²) >= 11 is 0. The van der Waals surface area contributed by atoms with Gasteiger partial charge in [0.1, 0.15) is 0 Å². The smallest absolute Gasteiger partial charge is 0.493 e. The topological polar surface area (TPSA) is 13.0 Å². The van der Waals surface area contributed by atoms with Crippen LogP contribution in [0.25, 0.3) is 22.3 Å². The van der Waals surface area contributed by atoms with Crippen LogP contribution in [0.2, 0.25) is 13.1 Å². The Morgan fingerprint density at radius 1 is 0.379 bits per heavy atom. The molecule has 0 bridgehead atoms. The van der Waals surface area contributed by atoms with Gasteiger partial charge in [0.25, 0.3) is 0 Å². The van der Waals surface area contributed by atoms with E-state index in [0.717, 1.165) is 45.5 Å². The molecule has 4 nitrogen and oxygen atoms in total. The Morgan fingerprint density at radius 3 is 1.09 bits per heavy atom. The van der Waals surface area contributed by atoms with Crippen LogP contribution in [0.3, 0.4) is 0 Å². The molecule has 0 saturated carbocycles. The molecule has 0 aromatic heterocycles. The standard InChI is InChI=1S/C60H56N4Si.Pt/c1-59(2,3)45-33-35-51(43-21-11-9-12-22-43)57(37-45)63-41-61(53-29-15-17-31-55(53)63)47-25-19-27-49(39-47)65(7,8)50-28-20-26-48(40-50)62-42-64(56-32-18-16-30-54(56)62)58-38-46(60(4,5)6)34-36-52(58)44-23-13-10-14-24-44;/h9-38,41-42H,1-8H3;/q-4;+4. The van der Waals surface area contributed by atoms with Gasteiger partial charge in [0.2, 0.25) is 0 Å². The molecule has 0 unspecified atom stereocenters. The van der Waals surface area contributed by atoms with Crippen molar-refractivity contribution < 1.29 is 21.1 Å². The molecule has 8 aromatic rings. The van der Waals surface area contributed by atoms with Gasteiger partial charge in [0, 0.05) is 45.3 Å². The molecule has 2 aliphatic rings. The Hall–Kier alpha value is -6.13. The normalized spacial score (nSPS) is 13.7. The van der Waals surface area contributed by atoms with Gasteiger partial charge in [-0.3, -0.25) is 0 Å². The number of para-hydroxylation sites is 4. The maximum Gasteiger partial charge on any atom is 4.00 e. The second-order valence-electron chi connectivity index (χ2n) is 19.9. The molecule has 2 aliphatic heterocycles. The van der Waals surface area contributed by atoms with Crippen LogP contribution in [0, 0.1) is 25.5 Å². The summed E-state index contributed by atoms with van der Waals surface area (Å²) < 4.78 is 0. The van der Waals surface area contributed by atoms with Gasteiger partial charge in [-0.15, -0.1) is 24.7 Å². The predicted octanol–water partition coefficient (Wildman–Crippen LogP) is 14.9. The Kier molecular flexibility index (Phi) is 12.0. The number of fused-ring (bicyclic) bond motifs is 2. The Bertz CT molecular complexity index is 2820. The molecule has 0 N–H and O–H groups in total. The molecule has 6 heteroatoms. The average molecular weight is 1060 g/mol. The van der Waals surface area contributed by atoms with Crippen molar-refractivity contribution in [1.29, 1.82) is 0 Å². The third-order valence-corrected chi connectivity index (χ3v) is 16.4. The first-order chi connectivity index (χ1) is 31.3. The van der Waals surface area contributed by atoms with E-state index in [1.54, 1.807) is 0 Å². The molecule has 0 fully saturated rings. The summed E-state index contributed by atoms with van der Waals surface area (Å²) in [5, 5.41) is 2.46. The molecular weight excluding hydrogens is 1000 g/mol. The van der Waals surface area contributed by atoms with Crippen molar-refractivity contribution >= 4 is 63.9 Å². The van der Waals surface area contributed by atoms with Gasteiger partial charge >= 0.3 is 21.1 Å². The molecular formula is C60H56N4PtSi. The fourth-order valence-electron chi connectivity index (χ4n) is 9.18. The summed E-state index contributed by atoms with van der Waals surface area (Å²) in [4.78, 5) is 9.35. The molecule has 330 valence electrons. The fraction of sp³-hybridized carbons (Fsp3) is 0.167. The number of nitrogens with zero attached hydrogens (tertiary/aromatic N) is 4. The fourth-order valence-corrected chi connectivity index (χ4v) is 11.4. The van der Waals surface area contributed by atoms with E-state index in [1.807, 2.05) is 0 Å². The second-order valence-corrected chi connectivity index (χ2v) is 24.2. The van der Waals surface area contributed by atoms with Crippen molar-refractivity contribution in [3.05, 3.63) is 219 Å². The van der Waals surface area contributed by atoms with Crippen molar-refractivity contribution in [1.82, 2.24) is 0 Å². The Morgan fingerprint density at radius 2 is 0.727 bits per heavy atom. The average Bonchev–Trinajstić information content (AvgIpc) is 3.91. The zero-order valence-electron chi connectivity index (χ0n) is 39.1. The number of benzene rings is 8. The van der Waals surface area contributed by atoms with E-state index in [1.165, 1.54) is 43.8 Å². The van der Waals surface area contributed by atoms with E-state index in [0.29, 0.717) is 0 Å². The van der Waals surface area contributed by atoms with Gasteiger partial charge in [-0.25, -0.2) is 0 Å². The molecule has 0 radical (unpaired) electrons. The number of hydrogen-bond acceptors (Lipinski definition) is 4.